The van der Waals surface area contributed by atoms with Crippen molar-refractivity contribution in [3.05, 3.63) is 94.5 Å². The summed E-state index contributed by atoms with van der Waals surface area (Å²) in [7, 11) is -3.90. The van der Waals surface area contributed by atoms with Gasteiger partial charge in [0.15, 0.2) is 5.84 Å². The Hall–Kier alpha value is -2.63. The molecule has 0 aromatic heterocycles. The van der Waals surface area contributed by atoms with Crippen LogP contribution in [0.25, 0.3) is 0 Å². The van der Waals surface area contributed by atoms with Crippen LogP contribution in [-0.2, 0) is 10.0 Å². The lowest BCUT2D eigenvalue weighted by atomic mass is 10.1. The minimum Gasteiger partial charge on any atom is -0.339 e. The standard InChI is InChI=1S/C21H19ClN2O2S/c1-15-3-7-17(8-4-15)21(23-19-11-5-16(2)6-12-19)24-27(25,26)20-13-9-18(22)10-14-20/h3-14H,1-2H3,(H,23,24). The number of amidine groups is 1. The van der Waals surface area contributed by atoms with Gasteiger partial charge in [-0.05, 0) is 50.2 Å². The topological polar surface area (TPSA) is 58.5 Å². The van der Waals surface area contributed by atoms with Gasteiger partial charge in [0.2, 0.25) is 0 Å². The van der Waals surface area contributed by atoms with E-state index in [1.807, 2.05) is 62.4 Å². The molecule has 0 bridgehead atoms. The third kappa shape index (κ3) is 4.96. The van der Waals surface area contributed by atoms with Crippen molar-refractivity contribution in [2.24, 2.45) is 4.40 Å². The average Bonchev–Trinajstić information content (AvgIpc) is 2.64. The molecule has 0 spiro atoms. The molecular formula is C21H19ClN2O2S. The van der Waals surface area contributed by atoms with Gasteiger partial charge in [-0.15, -0.1) is 4.40 Å². The molecule has 0 aliphatic carbocycles. The zero-order valence-corrected chi connectivity index (χ0v) is 16.6. The number of sulfonamides is 1. The highest BCUT2D eigenvalue weighted by atomic mass is 35.5. The molecule has 4 nitrogen and oxygen atoms in total. The molecule has 3 aromatic carbocycles. The van der Waals surface area contributed by atoms with E-state index in [0.29, 0.717) is 10.6 Å². The second kappa shape index (κ2) is 7.94. The highest BCUT2D eigenvalue weighted by Crippen LogP contribution is 2.19. The SMILES string of the molecule is Cc1ccc(N/C(=N\S(=O)(=O)c2ccc(Cl)cc2)c2ccc(C)cc2)cc1. The molecule has 1 N–H and O–H groups in total. The monoisotopic (exact) mass is 398 g/mol. The first-order chi connectivity index (χ1) is 12.8. The van der Waals surface area contributed by atoms with Crippen LogP contribution in [0.1, 0.15) is 16.7 Å². The Balaban J connectivity index is 2.04. The fraction of sp³-hybridized carbons (Fsp3) is 0.0952. The lowest BCUT2D eigenvalue weighted by Crippen LogP contribution is -2.16. The van der Waals surface area contributed by atoms with E-state index in [-0.39, 0.29) is 10.7 Å². The minimum atomic E-state index is -3.90. The van der Waals surface area contributed by atoms with Gasteiger partial charge in [0.25, 0.3) is 10.0 Å². The fourth-order valence-corrected chi connectivity index (χ4v) is 3.52. The van der Waals surface area contributed by atoms with Crippen molar-refractivity contribution in [3.63, 3.8) is 0 Å². The Labute approximate surface area is 164 Å². The quantitative estimate of drug-likeness (QED) is 0.485. The number of nitrogens with zero attached hydrogens (tertiary/aromatic N) is 1. The summed E-state index contributed by atoms with van der Waals surface area (Å²) < 4.78 is 29.6. The molecule has 0 radical (unpaired) electrons. The Morgan fingerprint density at radius 2 is 1.33 bits per heavy atom. The van der Waals surface area contributed by atoms with Crippen LogP contribution in [0.3, 0.4) is 0 Å². The van der Waals surface area contributed by atoms with Crippen molar-refractivity contribution < 1.29 is 8.42 Å². The molecule has 27 heavy (non-hydrogen) atoms. The smallest absolute Gasteiger partial charge is 0.284 e. The first kappa shape index (κ1) is 19.1. The highest BCUT2D eigenvalue weighted by molar-refractivity contribution is 7.90. The molecule has 0 aliphatic heterocycles. The van der Waals surface area contributed by atoms with Gasteiger partial charge in [-0.1, -0.05) is 59.1 Å². The van der Waals surface area contributed by atoms with E-state index in [9.17, 15) is 8.42 Å². The van der Waals surface area contributed by atoms with Crippen LogP contribution in [0.15, 0.2) is 82.1 Å². The van der Waals surface area contributed by atoms with Crippen LogP contribution < -0.4 is 5.32 Å². The summed E-state index contributed by atoms with van der Waals surface area (Å²) in [6, 6.07) is 21.1. The normalized spacial score (nSPS) is 12.0. The number of aryl methyl sites for hydroxylation is 2. The molecule has 0 amide bonds. The summed E-state index contributed by atoms with van der Waals surface area (Å²) in [6.07, 6.45) is 0. The molecule has 0 saturated heterocycles. The van der Waals surface area contributed by atoms with E-state index in [4.69, 9.17) is 11.6 Å². The lowest BCUT2D eigenvalue weighted by Gasteiger charge is -2.11. The molecule has 3 aromatic rings. The van der Waals surface area contributed by atoms with Crippen LogP contribution in [0, 0.1) is 13.8 Å². The third-order valence-corrected chi connectivity index (χ3v) is 5.51. The summed E-state index contributed by atoms with van der Waals surface area (Å²) in [5.74, 6) is 0.258. The second-order valence-corrected chi connectivity index (χ2v) is 8.27. The van der Waals surface area contributed by atoms with E-state index < -0.39 is 10.0 Å². The number of anilines is 1. The predicted molar refractivity (Wildman–Crippen MR) is 111 cm³/mol. The van der Waals surface area contributed by atoms with Gasteiger partial charge in [0.1, 0.15) is 0 Å². The van der Waals surface area contributed by atoms with Gasteiger partial charge in [-0.2, -0.15) is 8.42 Å². The average molecular weight is 399 g/mol. The van der Waals surface area contributed by atoms with E-state index in [0.717, 1.165) is 16.8 Å². The van der Waals surface area contributed by atoms with Crippen molar-refractivity contribution in [1.82, 2.24) is 0 Å². The van der Waals surface area contributed by atoms with E-state index in [1.54, 1.807) is 0 Å². The summed E-state index contributed by atoms with van der Waals surface area (Å²) in [6.45, 7) is 3.96. The van der Waals surface area contributed by atoms with Crippen molar-refractivity contribution in [1.29, 1.82) is 0 Å². The largest absolute Gasteiger partial charge is 0.339 e. The van der Waals surface area contributed by atoms with Gasteiger partial charge in [-0.3, -0.25) is 0 Å². The van der Waals surface area contributed by atoms with Crippen molar-refractivity contribution in [2.45, 2.75) is 18.7 Å². The van der Waals surface area contributed by atoms with Gasteiger partial charge < -0.3 is 5.32 Å². The van der Waals surface area contributed by atoms with Crippen LogP contribution in [0.5, 0.6) is 0 Å². The summed E-state index contributed by atoms with van der Waals surface area (Å²) in [5, 5.41) is 3.59. The Morgan fingerprint density at radius 3 is 1.89 bits per heavy atom. The lowest BCUT2D eigenvalue weighted by molar-refractivity contribution is 0.598. The third-order valence-electron chi connectivity index (χ3n) is 3.96. The first-order valence-corrected chi connectivity index (χ1v) is 10.2. The summed E-state index contributed by atoms with van der Waals surface area (Å²) in [4.78, 5) is 0.0854. The Bertz CT molecular complexity index is 1060. The minimum absolute atomic E-state index is 0.0854. The fourth-order valence-electron chi connectivity index (χ4n) is 2.41. The molecule has 0 saturated carbocycles. The van der Waals surface area contributed by atoms with E-state index in [1.165, 1.54) is 24.3 Å². The molecule has 3 rings (SSSR count). The van der Waals surface area contributed by atoms with Crippen LogP contribution >= 0.6 is 11.6 Å². The van der Waals surface area contributed by atoms with Gasteiger partial charge >= 0.3 is 0 Å². The Morgan fingerprint density at radius 1 is 0.815 bits per heavy atom. The summed E-state index contributed by atoms with van der Waals surface area (Å²) >= 11 is 5.86. The first-order valence-electron chi connectivity index (χ1n) is 8.35. The maximum atomic E-state index is 12.8. The van der Waals surface area contributed by atoms with Gasteiger partial charge in [0, 0.05) is 16.3 Å². The molecule has 0 unspecified atom stereocenters. The molecule has 0 heterocycles. The Kier molecular flexibility index (Phi) is 5.63. The van der Waals surface area contributed by atoms with E-state index in [2.05, 4.69) is 9.71 Å². The number of benzene rings is 3. The maximum absolute atomic E-state index is 12.8. The number of hydrogen-bond donors (Lipinski definition) is 1. The van der Waals surface area contributed by atoms with Crippen molar-refractivity contribution in [2.75, 3.05) is 5.32 Å². The van der Waals surface area contributed by atoms with Crippen LogP contribution in [-0.4, -0.2) is 14.3 Å². The van der Waals surface area contributed by atoms with E-state index >= 15 is 0 Å². The molecule has 0 atom stereocenters. The summed E-state index contributed by atoms with van der Waals surface area (Å²) in [5.41, 5.74) is 3.63. The highest BCUT2D eigenvalue weighted by Gasteiger charge is 2.16. The number of rotatable bonds is 4. The van der Waals surface area contributed by atoms with Gasteiger partial charge in [-0.25, -0.2) is 0 Å². The van der Waals surface area contributed by atoms with Crippen molar-refractivity contribution >= 4 is 33.1 Å². The number of hydrogen-bond acceptors (Lipinski definition) is 2. The van der Waals surface area contributed by atoms with Crippen LogP contribution in [0.4, 0.5) is 5.69 Å². The molecule has 6 heteroatoms. The zero-order valence-electron chi connectivity index (χ0n) is 15.0. The number of halogens is 1. The molecular weight excluding hydrogens is 380 g/mol. The molecule has 0 aliphatic rings. The second-order valence-electron chi connectivity index (χ2n) is 6.23. The predicted octanol–water partition coefficient (Wildman–Crippen LogP) is 5.20. The van der Waals surface area contributed by atoms with Crippen molar-refractivity contribution in [3.8, 4) is 0 Å². The molecule has 0 fully saturated rings. The maximum Gasteiger partial charge on any atom is 0.284 e. The number of nitrogens with one attached hydrogen (secondary N) is 1. The van der Waals surface area contributed by atoms with Crippen LogP contribution in [0.2, 0.25) is 5.02 Å². The zero-order chi connectivity index (χ0) is 19.4. The van der Waals surface area contributed by atoms with Gasteiger partial charge in [0.05, 0.1) is 4.90 Å². The molecule has 138 valence electrons.